The molecule has 2 aromatic carbocycles. The van der Waals surface area contributed by atoms with Gasteiger partial charge < -0.3 is 9.72 Å². The Morgan fingerprint density at radius 3 is 2.31 bits per heavy atom. The van der Waals surface area contributed by atoms with E-state index in [-0.39, 0.29) is 12.5 Å². The number of rotatable bonds is 5. The second-order valence-electron chi connectivity index (χ2n) is 6.49. The molecule has 4 rings (SSSR count). The number of ether oxygens (including phenoxy) is 1. The average molecular weight is 384 g/mol. The minimum atomic E-state index is -0.426. The Bertz CT molecular complexity index is 1140. The van der Waals surface area contributed by atoms with Crippen LogP contribution in [0.5, 0.6) is 0 Å². The molecule has 0 aliphatic heterocycles. The molecule has 0 fully saturated rings. The maximum atomic E-state index is 13.0. The van der Waals surface area contributed by atoms with Crippen molar-refractivity contribution in [2.45, 2.75) is 6.92 Å². The maximum Gasteiger partial charge on any atom is 0.355 e. The Balaban J connectivity index is 1.80. The largest absolute Gasteiger partial charge is 0.461 e. The van der Waals surface area contributed by atoms with Gasteiger partial charge in [0, 0.05) is 17.3 Å². The van der Waals surface area contributed by atoms with Gasteiger partial charge in [0.2, 0.25) is 0 Å². The van der Waals surface area contributed by atoms with E-state index in [9.17, 15) is 9.59 Å². The fourth-order valence-corrected chi connectivity index (χ4v) is 3.30. The number of nitrogens with zero attached hydrogens (tertiary/aromatic N) is 1. The molecule has 0 aliphatic carbocycles. The lowest BCUT2D eigenvalue weighted by molar-refractivity contribution is 0.0521. The van der Waals surface area contributed by atoms with Gasteiger partial charge in [0.25, 0.3) is 5.91 Å². The molecule has 4 aromatic rings. The van der Waals surface area contributed by atoms with Crippen molar-refractivity contribution in [1.29, 1.82) is 0 Å². The molecule has 0 bridgehead atoms. The first-order valence-electron chi connectivity index (χ1n) is 9.42. The number of carbonyl (C=O) groups is 2. The summed E-state index contributed by atoms with van der Waals surface area (Å²) in [4.78, 5) is 28.7. The zero-order chi connectivity index (χ0) is 20.2. The maximum absolute atomic E-state index is 13.0. The van der Waals surface area contributed by atoms with Crippen molar-refractivity contribution in [2.75, 3.05) is 6.61 Å². The van der Waals surface area contributed by atoms with Gasteiger partial charge in [-0.2, -0.15) is 0 Å². The molecule has 0 saturated carbocycles. The van der Waals surface area contributed by atoms with Crippen molar-refractivity contribution in [2.24, 2.45) is 0 Å². The third kappa shape index (κ3) is 3.62. The summed E-state index contributed by atoms with van der Waals surface area (Å²) in [5, 5.41) is 0. The number of H-pyrrole nitrogens is 1. The van der Waals surface area contributed by atoms with E-state index in [1.807, 2.05) is 66.7 Å². The van der Waals surface area contributed by atoms with E-state index in [0.29, 0.717) is 22.6 Å². The van der Waals surface area contributed by atoms with Crippen LogP contribution in [0.4, 0.5) is 0 Å². The van der Waals surface area contributed by atoms with Crippen LogP contribution >= 0.6 is 0 Å². The van der Waals surface area contributed by atoms with E-state index in [4.69, 9.17) is 4.74 Å². The van der Waals surface area contributed by atoms with E-state index in [0.717, 1.165) is 11.1 Å². The number of aromatic nitrogens is 2. The van der Waals surface area contributed by atoms with Gasteiger partial charge in [-0.1, -0.05) is 48.5 Å². The van der Waals surface area contributed by atoms with Crippen LogP contribution in [-0.4, -0.2) is 28.0 Å². The highest BCUT2D eigenvalue weighted by Gasteiger charge is 2.21. The second kappa shape index (κ2) is 8.02. The van der Waals surface area contributed by atoms with Crippen molar-refractivity contribution in [3.63, 3.8) is 0 Å². The van der Waals surface area contributed by atoms with Crippen LogP contribution < -0.4 is 0 Å². The summed E-state index contributed by atoms with van der Waals surface area (Å²) >= 11 is 0. The molecule has 0 spiro atoms. The Morgan fingerprint density at radius 2 is 1.62 bits per heavy atom. The Labute approximate surface area is 168 Å². The second-order valence-corrected chi connectivity index (χ2v) is 6.49. The standard InChI is InChI=1S/C24H20N2O3/c1-2-29-24(28)22-19(17-10-5-3-6-11-17)16-20(25-22)21-14-9-15-26(21)23(27)18-12-7-4-8-13-18/h3-16,25H,2H2,1H3. The summed E-state index contributed by atoms with van der Waals surface area (Å²) in [6.07, 6.45) is 1.72. The number of aromatic amines is 1. The summed E-state index contributed by atoms with van der Waals surface area (Å²) in [5.41, 5.74) is 3.93. The highest BCUT2D eigenvalue weighted by molar-refractivity contribution is 6.00. The number of hydrogen-bond acceptors (Lipinski definition) is 3. The molecule has 0 atom stereocenters. The molecule has 2 aromatic heterocycles. The smallest absolute Gasteiger partial charge is 0.355 e. The molecular formula is C24H20N2O3. The number of nitrogens with one attached hydrogen (secondary N) is 1. The zero-order valence-corrected chi connectivity index (χ0v) is 16.0. The van der Waals surface area contributed by atoms with Crippen LogP contribution in [-0.2, 0) is 4.74 Å². The van der Waals surface area contributed by atoms with Gasteiger partial charge >= 0.3 is 5.97 Å². The van der Waals surface area contributed by atoms with Gasteiger partial charge in [0.05, 0.1) is 18.0 Å². The zero-order valence-electron chi connectivity index (χ0n) is 16.0. The third-order valence-corrected chi connectivity index (χ3v) is 4.65. The van der Waals surface area contributed by atoms with Crippen LogP contribution in [0.2, 0.25) is 0 Å². The van der Waals surface area contributed by atoms with Crippen molar-refractivity contribution >= 4 is 11.9 Å². The van der Waals surface area contributed by atoms with E-state index in [2.05, 4.69) is 4.98 Å². The first kappa shape index (κ1) is 18.5. The van der Waals surface area contributed by atoms with Crippen molar-refractivity contribution in [1.82, 2.24) is 9.55 Å². The fourth-order valence-electron chi connectivity index (χ4n) is 3.30. The highest BCUT2D eigenvalue weighted by atomic mass is 16.5. The van der Waals surface area contributed by atoms with Crippen LogP contribution in [0.15, 0.2) is 85.1 Å². The number of benzene rings is 2. The predicted molar refractivity (Wildman–Crippen MR) is 112 cm³/mol. The lowest BCUT2D eigenvalue weighted by atomic mass is 10.1. The van der Waals surface area contributed by atoms with Gasteiger partial charge in [-0.05, 0) is 42.8 Å². The molecule has 2 heterocycles. The lowest BCUT2D eigenvalue weighted by Gasteiger charge is -2.07. The van der Waals surface area contributed by atoms with Crippen molar-refractivity contribution in [3.8, 4) is 22.5 Å². The molecule has 5 heteroatoms. The lowest BCUT2D eigenvalue weighted by Crippen LogP contribution is -2.12. The first-order chi connectivity index (χ1) is 14.2. The number of hydrogen-bond donors (Lipinski definition) is 1. The third-order valence-electron chi connectivity index (χ3n) is 4.65. The van der Waals surface area contributed by atoms with E-state index >= 15 is 0 Å². The van der Waals surface area contributed by atoms with Gasteiger partial charge in [-0.15, -0.1) is 0 Å². The fraction of sp³-hybridized carbons (Fsp3) is 0.0833. The summed E-state index contributed by atoms with van der Waals surface area (Å²) in [5.74, 6) is -0.566. The molecule has 29 heavy (non-hydrogen) atoms. The minimum absolute atomic E-state index is 0.140. The highest BCUT2D eigenvalue weighted by Crippen LogP contribution is 2.31. The summed E-state index contributed by atoms with van der Waals surface area (Å²) in [6.45, 7) is 2.05. The number of esters is 1. The predicted octanol–water partition coefficient (Wildman–Crippen LogP) is 5.02. The van der Waals surface area contributed by atoms with Gasteiger partial charge in [0.1, 0.15) is 5.69 Å². The SMILES string of the molecule is CCOC(=O)c1[nH]c(-c2cccn2C(=O)c2ccccc2)cc1-c1ccccc1. The molecule has 0 unspecified atom stereocenters. The molecule has 0 radical (unpaired) electrons. The van der Waals surface area contributed by atoms with Crippen LogP contribution in [0, 0.1) is 0 Å². The van der Waals surface area contributed by atoms with E-state index < -0.39 is 5.97 Å². The Hall–Kier alpha value is -3.86. The molecule has 5 nitrogen and oxygen atoms in total. The molecule has 1 N–H and O–H groups in total. The van der Waals surface area contributed by atoms with Crippen molar-refractivity contribution in [3.05, 3.63) is 96.3 Å². The summed E-state index contributed by atoms with van der Waals surface area (Å²) in [6, 6.07) is 24.2. The van der Waals surface area contributed by atoms with Gasteiger partial charge in [-0.3, -0.25) is 9.36 Å². The van der Waals surface area contributed by atoms with Crippen molar-refractivity contribution < 1.29 is 14.3 Å². The molecule has 0 aliphatic rings. The number of carbonyl (C=O) groups excluding carboxylic acids is 2. The first-order valence-corrected chi connectivity index (χ1v) is 9.42. The Kier molecular flexibility index (Phi) is 5.12. The van der Waals surface area contributed by atoms with Gasteiger partial charge in [0.15, 0.2) is 0 Å². The van der Waals surface area contributed by atoms with Crippen LogP contribution in [0.25, 0.3) is 22.5 Å². The van der Waals surface area contributed by atoms with E-state index in [1.165, 1.54) is 0 Å². The van der Waals surface area contributed by atoms with Gasteiger partial charge in [-0.25, -0.2) is 4.79 Å². The molecule has 144 valence electrons. The normalized spacial score (nSPS) is 10.7. The molecule has 0 amide bonds. The van der Waals surface area contributed by atoms with Crippen LogP contribution in [0.3, 0.4) is 0 Å². The quantitative estimate of drug-likeness (QED) is 0.492. The van der Waals surface area contributed by atoms with E-state index in [1.54, 1.807) is 29.8 Å². The molecule has 0 saturated heterocycles. The monoisotopic (exact) mass is 384 g/mol. The topological polar surface area (TPSA) is 64.1 Å². The summed E-state index contributed by atoms with van der Waals surface area (Å²) in [7, 11) is 0. The summed E-state index contributed by atoms with van der Waals surface area (Å²) < 4.78 is 6.80. The molecular weight excluding hydrogens is 364 g/mol. The average Bonchev–Trinajstić information content (AvgIpc) is 3.42. The Morgan fingerprint density at radius 1 is 0.931 bits per heavy atom. The van der Waals surface area contributed by atoms with Crippen LogP contribution in [0.1, 0.15) is 27.8 Å². The minimum Gasteiger partial charge on any atom is -0.461 e.